The van der Waals surface area contributed by atoms with E-state index in [9.17, 15) is 4.79 Å². The van der Waals surface area contributed by atoms with E-state index >= 15 is 0 Å². The van der Waals surface area contributed by atoms with Crippen LogP contribution in [0, 0.1) is 41.5 Å². The fraction of sp³-hybridized carbons (Fsp3) is 0.303. The van der Waals surface area contributed by atoms with Gasteiger partial charge in [0.25, 0.3) is 0 Å². The summed E-state index contributed by atoms with van der Waals surface area (Å²) in [4.78, 5) is 19.9. The second kappa shape index (κ2) is 11.3. The van der Waals surface area contributed by atoms with E-state index in [1.807, 2.05) is 50.4 Å². The molecule has 40 heavy (non-hydrogen) atoms. The molecule has 0 aliphatic carbocycles. The summed E-state index contributed by atoms with van der Waals surface area (Å²) in [6.45, 7) is 13.1. The van der Waals surface area contributed by atoms with Crippen molar-refractivity contribution in [2.75, 3.05) is 11.9 Å². The number of hydrogen-bond acceptors (Lipinski definition) is 3. The summed E-state index contributed by atoms with van der Waals surface area (Å²) in [7, 11) is 0. The second-order valence-electron chi connectivity index (χ2n) is 10.9. The lowest BCUT2D eigenvalue weighted by Gasteiger charge is -2.28. The first-order valence-corrected chi connectivity index (χ1v) is 14.2. The molecule has 206 valence electrons. The Hall–Kier alpha value is -3.97. The SMILES string of the molecule is Cc1cc(C)cc(-n2c(C)cc(C3C(c4ccccn4)NC(=S)N3CCC(=O)Nc3cc(C)ccc3C)c2C)c1. The quantitative estimate of drug-likeness (QED) is 0.250. The van der Waals surface area contributed by atoms with Crippen LogP contribution < -0.4 is 10.6 Å². The minimum absolute atomic E-state index is 0.0303. The first-order chi connectivity index (χ1) is 19.1. The second-order valence-corrected chi connectivity index (χ2v) is 11.3. The topological polar surface area (TPSA) is 62.2 Å². The van der Waals surface area contributed by atoms with Crippen LogP contribution in [0.2, 0.25) is 0 Å². The molecule has 1 aliphatic heterocycles. The fourth-order valence-corrected chi connectivity index (χ4v) is 6.19. The van der Waals surface area contributed by atoms with Crippen molar-refractivity contribution in [2.45, 2.75) is 60.0 Å². The van der Waals surface area contributed by atoms with Gasteiger partial charge in [0.05, 0.1) is 17.8 Å². The van der Waals surface area contributed by atoms with E-state index in [0.29, 0.717) is 18.1 Å². The van der Waals surface area contributed by atoms with Gasteiger partial charge in [-0.25, -0.2) is 0 Å². The van der Waals surface area contributed by atoms with Gasteiger partial charge >= 0.3 is 0 Å². The number of anilines is 1. The maximum absolute atomic E-state index is 13.1. The molecule has 7 heteroatoms. The average Bonchev–Trinajstić information content (AvgIpc) is 3.39. The van der Waals surface area contributed by atoms with Crippen molar-refractivity contribution >= 4 is 28.9 Å². The predicted octanol–water partition coefficient (Wildman–Crippen LogP) is 6.72. The van der Waals surface area contributed by atoms with Crippen molar-refractivity contribution in [3.05, 3.63) is 112 Å². The number of aromatic nitrogens is 2. The molecule has 2 atom stereocenters. The highest BCUT2D eigenvalue weighted by atomic mass is 32.1. The lowest BCUT2D eigenvalue weighted by molar-refractivity contribution is -0.116. The van der Waals surface area contributed by atoms with Crippen molar-refractivity contribution in [1.82, 2.24) is 19.8 Å². The van der Waals surface area contributed by atoms with Gasteiger partial charge < -0.3 is 20.1 Å². The van der Waals surface area contributed by atoms with Crippen molar-refractivity contribution in [3.8, 4) is 5.69 Å². The Morgan fingerprint density at radius 3 is 2.40 bits per heavy atom. The molecule has 1 aliphatic rings. The van der Waals surface area contributed by atoms with Crippen LogP contribution in [0.25, 0.3) is 5.69 Å². The fourth-order valence-electron chi connectivity index (χ4n) is 5.85. The third kappa shape index (κ3) is 5.52. The molecule has 1 fully saturated rings. The summed E-state index contributed by atoms with van der Waals surface area (Å²) in [5.41, 5.74) is 11.0. The first-order valence-electron chi connectivity index (χ1n) is 13.7. The predicted molar refractivity (Wildman–Crippen MR) is 166 cm³/mol. The molecule has 6 nitrogen and oxygen atoms in total. The monoisotopic (exact) mass is 551 g/mol. The highest BCUT2D eigenvalue weighted by Gasteiger charge is 2.41. The number of thiocarbonyl (C=S) groups is 1. The number of hydrogen-bond donors (Lipinski definition) is 2. The molecule has 2 N–H and O–H groups in total. The minimum atomic E-state index is -0.135. The average molecular weight is 552 g/mol. The van der Waals surface area contributed by atoms with Gasteiger partial charge in [-0.2, -0.15) is 0 Å². The zero-order valence-electron chi connectivity index (χ0n) is 24.1. The maximum atomic E-state index is 13.1. The van der Waals surface area contributed by atoms with Gasteiger partial charge in [-0.1, -0.05) is 24.3 Å². The van der Waals surface area contributed by atoms with E-state index in [2.05, 4.69) is 83.1 Å². The van der Waals surface area contributed by atoms with Crippen LogP contribution in [0.5, 0.6) is 0 Å². The number of pyridine rings is 1. The van der Waals surface area contributed by atoms with Gasteiger partial charge in [-0.15, -0.1) is 0 Å². The molecule has 1 amide bonds. The van der Waals surface area contributed by atoms with E-state index in [1.54, 1.807) is 0 Å². The number of carbonyl (C=O) groups excluding carboxylic acids is 1. The lowest BCUT2D eigenvalue weighted by atomic mass is 9.96. The van der Waals surface area contributed by atoms with Crippen LogP contribution in [-0.2, 0) is 4.79 Å². The Balaban J connectivity index is 1.48. The Labute approximate surface area is 242 Å². The Kier molecular flexibility index (Phi) is 7.76. The van der Waals surface area contributed by atoms with E-state index < -0.39 is 0 Å². The van der Waals surface area contributed by atoms with Crippen molar-refractivity contribution < 1.29 is 4.79 Å². The molecule has 2 unspecified atom stereocenters. The third-order valence-electron chi connectivity index (χ3n) is 7.70. The lowest BCUT2D eigenvalue weighted by Crippen LogP contribution is -2.33. The number of aryl methyl sites for hydroxylation is 5. The number of nitrogens with zero attached hydrogens (tertiary/aromatic N) is 3. The number of carbonyl (C=O) groups is 1. The Morgan fingerprint density at radius 1 is 0.950 bits per heavy atom. The van der Waals surface area contributed by atoms with Crippen molar-refractivity contribution in [2.24, 2.45) is 0 Å². The number of nitrogens with one attached hydrogen (secondary N) is 2. The van der Waals surface area contributed by atoms with Gasteiger partial charge in [-0.3, -0.25) is 9.78 Å². The molecule has 3 heterocycles. The summed E-state index contributed by atoms with van der Waals surface area (Å²) in [5.74, 6) is -0.0303. The molecular formula is C33H37N5OS. The first kappa shape index (κ1) is 27.6. The molecule has 1 saturated heterocycles. The molecule has 0 bridgehead atoms. The molecular weight excluding hydrogens is 514 g/mol. The van der Waals surface area contributed by atoms with E-state index in [0.717, 1.165) is 39.6 Å². The van der Waals surface area contributed by atoms with E-state index in [4.69, 9.17) is 12.2 Å². The third-order valence-corrected chi connectivity index (χ3v) is 8.05. The van der Waals surface area contributed by atoms with Gasteiger partial charge in [0.2, 0.25) is 5.91 Å². The van der Waals surface area contributed by atoms with Crippen LogP contribution in [0.4, 0.5) is 5.69 Å². The summed E-state index contributed by atoms with van der Waals surface area (Å²) < 4.78 is 2.32. The summed E-state index contributed by atoms with van der Waals surface area (Å²) in [6, 6.07) is 20.7. The van der Waals surface area contributed by atoms with Crippen LogP contribution in [-0.4, -0.2) is 32.0 Å². The molecule has 2 aromatic heterocycles. The molecule has 5 rings (SSSR count). The minimum Gasteiger partial charge on any atom is -0.352 e. The van der Waals surface area contributed by atoms with Gasteiger partial charge in [0.1, 0.15) is 0 Å². The van der Waals surface area contributed by atoms with Crippen molar-refractivity contribution in [1.29, 1.82) is 0 Å². The largest absolute Gasteiger partial charge is 0.352 e. The highest BCUT2D eigenvalue weighted by molar-refractivity contribution is 7.80. The van der Waals surface area contributed by atoms with Gasteiger partial charge in [-0.05, 0) is 118 Å². The smallest absolute Gasteiger partial charge is 0.226 e. The van der Waals surface area contributed by atoms with E-state index in [1.165, 1.54) is 16.7 Å². The van der Waals surface area contributed by atoms with Crippen LogP contribution in [0.15, 0.2) is 66.9 Å². The number of rotatable bonds is 7. The molecule has 2 aromatic carbocycles. The van der Waals surface area contributed by atoms with Crippen LogP contribution in [0.3, 0.4) is 0 Å². The molecule has 0 spiro atoms. The standard InChI is InChI=1S/C33H37N5OS/c1-20-10-11-23(4)29(18-20)35-30(39)12-14-37-32(31(36-33(37)40)28-9-7-8-13-34-28)27-19-24(5)38(25(27)6)26-16-21(2)15-22(3)17-26/h7-11,13,15-19,31-32H,12,14H2,1-6H3,(H,35,39)(H,36,40). The normalized spacial score (nSPS) is 16.8. The van der Waals surface area contributed by atoms with Crippen LogP contribution >= 0.6 is 12.2 Å². The summed E-state index contributed by atoms with van der Waals surface area (Å²) in [5, 5.41) is 7.26. The zero-order chi connectivity index (χ0) is 28.6. The van der Waals surface area contributed by atoms with E-state index in [-0.39, 0.29) is 18.0 Å². The Bertz CT molecular complexity index is 1560. The number of benzene rings is 2. The summed E-state index contributed by atoms with van der Waals surface area (Å²) >= 11 is 5.87. The Morgan fingerprint density at radius 2 is 1.70 bits per heavy atom. The zero-order valence-corrected chi connectivity index (χ0v) is 24.9. The molecule has 0 radical (unpaired) electrons. The number of amides is 1. The summed E-state index contributed by atoms with van der Waals surface area (Å²) in [6.07, 6.45) is 2.13. The maximum Gasteiger partial charge on any atom is 0.226 e. The highest BCUT2D eigenvalue weighted by Crippen LogP contribution is 2.41. The van der Waals surface area contributed by atoms with Gasteiger partial charge in [0.15, 0.2) is 5.11 Å². The molecule has 4 aromatic rings. The van der Waals surface area contributed by atoms with Crippen LogP contribution in [0.1, 0.15) is 63.4 Å². The van der Waals surface area contributed by atoms with Crippen molar-refractivity contribution in [3.63, 3.8) is 0 Å². The molecule has 0 saturated carbocycles. The van der Waals surface area contributed by atoms with Gasteiger partial charge in [0, 0.05) is 41.9 Å².